The summed E-state index contributed by atoms with van der Waals surface area (Å²) >= 11 is 6.45. The molecule has 6 rings (SSSR count). The van der Waals surface area contributed by atoms with Gasteiger partial charge in [-0.15, -0.1) is 0 Å². The maximum absolute atomic E-state index is 12.2. The van der Waals surface area contributed by atoms with Gasteiger partial charge < -0.3 is 30.5 Å². The number of methoxy groups -OCH3 is 1. The van der Waals surface area contributed by atoms with Gasteiger partial charge in [0.1, 0.15) is 10.8 Å². The summed E-state index contributed by atoms with van der Waals surface area (Å²) in [4.78, 5) is 16.7. The highest BCUT2D eigenvalue weighted by Gasteiger charge is 2.27. The number of rotatable bonds is 12. The number of nitrogens with zero attached hydrogens (tertiary/aromatic N) is 6. The van der Waals surface area contributed by atoms with Crippen molar-refractivity contribution in [1.29, 1.82) is 0 Å². The number of hydrogen-bond acceptors (Lipinski definition) is 11. The van der Waals surface area contributed by atoms with Crippen LogP contribution in [-0.2, 0) is 10.0 Å². The quantitative estimate of drug-likeness (QED) is 0.256. The Bertz CT molecular complexity index is 1630. The molecule has 254 valence electrons. The van der Waals surface area contributed by atoms with E-state index in [-0.39, 0.29) is 0 Å². The van der Waals surface area contributed by atoms with Crippen molar-refractivity contribution in [3.63, 3.8) is 0 Å². The minimum Gasteiger partial charge on any atom is -0.494 e. The third-order valence-electron chi connectivity index (χ3n) is 9.51. The van der Waals surface area contributed by atoms with Gasteiger partial charge >= 0.3 is 0 Å². The second-order valence-electron chi connectivity index (χ2n) is 12.8. The summed E-state index contributed by atoms with van der Waals surface area (Å²) in [7, 11) is -0.316. The van der Waals surface area contributed by atoms with Gasteiger partial charge in [0.2, 0.25) is 16.0 Å². The third-order valence-corrected chi connectivity index (χ3v) is 11.0. The van der Waals surface area contributed by atoms with Crippen molar-refractivity contribution in [2.75, 3.05) is 106 Å². The molecule has 3 aliphatic heterocycles. The first-order valence-electron chi connectivity index (χ1n) is 16.3. The van der Waals surface area contributed by atoms with E-state index in [1.807, 2.05) is 6.07 Å². The number of para-hydroxylation sites is 2. The molecule has 0 aliphatic carbocycles. The molecule has 3 aliphatic rings. The zero-order chi connectivity index (χ0) is 33.0. The smallest absolute Gasteiger partial charge is 0.232 e. The average molecular weight is 684 g/mol. The van der Waals surface area contributed by atoms with E-state index in [1.54, 1.807) is 31.4 Å². The number of hydrogen-bond donors (Lipinski definition) is 3. The molecule has 47 heavy (non-hydrogen) atoms. The molecule has 3 aromatic rings. The molecule has 3 fully saturated rings. The Balaban J connectivity index is 1.05. The molecule has 12 nitrogen and oxygen atoms in total. The molecule has 3 saturated heterocycles. The van der Waals surface area contributed by atoms with Gasteiger partial charge in [0.15, 0.2) is 5.82 Å². The summed E-state index contributed by atoms with van der Waals surface area (Å²) in [6.45, 7) is 11.4. The molecule has 14 heteroatoms. The van der Waals surface area contributed by atoms with Gasteiger partial charge in [0.05, 0.1) is 36.6 Å². The number of benzene rings is 2. The van der Waals surface area contributed by atoms with Crippen LogP contribution >= 0.6 is 11.6 Å². The van der Waals surface area contributed by atoms with Gasteiger partial charge in [0, 0.05) is 71.2 Å². The number of ether oxygens (including phenoxy) is 1. The first-order chi connectivity index (χ1) is 22.7. The number of sulfonamides is 1. The van der Waals surface area contributed by atoms with Crippen molar-refractivity contribution in [2.24, 2.45) is 11.8 Å². The monoisotopic (exact) mass is 683 g/mol. The summed E-state index contributed by atoms with van der Waals surface area (Å²) < 4.78 is 31.4. The highest BCUT2D eigenvalue weighted by atomic mass is 35.5. The van der Waals surface area contributed by atoms with Crippen LogP contribution in [0.1, 0.15) is 12.8 Å². The van der Waals surface area contributed by atoms with Crippen LogP contribution < -0.4 is 29.9 Å². The lowest BCUT2D eigenvalue weighted by Crippen LogP contribution is -2.51. The van der Waals surface area contributed by atoms with E-state index in [4.69, 9.17) is 16.3 Å². The van der Waals surface area contributed by atoms with Crippen molar-refractivity contribution in [3.05, 3.63) is 53.7 Å². The Labute approximate surface area is 283 Å². The molecule has 0 amide bonds. The van der Waals surface area contributed by atoms with Gasteiger partial charge in [-0.3, -0.25) is 9.21 Å². The van der Waals surface area contributed by atoms with Crippen molar-refractivity contribution in [3.8, 4) is 5.75 Å². The standard InChI is InChI=1S/C33H46ClN9O3S/c1-40(47(3,44)45)30-7-5-4-6-28(30)37-32-27(34)21-36-33(39-32)38-29-9-8-26(18-31(29)46-2)43-16-14-42(15-17-43)22-24-10-12-41(13-11-24)23-25-19-35-20-25/h4-9,18,21,24-25,35H,10-17,19-20,22-23H2,1-3H3,(H2,36,37,38,39). The summed E-state index contributed by atoms with van der Waals surface area (Å²) in [6, 6.07) is 13.2. The van der Waals surface area contributed by atoms with E-state index in [0.29, 0.717) is 33.9 Å². The first-order valence-corrected chi connectivity index (χ1v) is 18.6. The largest absolute Gasteiger partial charge is 0.494 e. The lowest BCUT2D eigenvalue weighted by atomic mass is 9.94. The molecule has 0 spiro atoms. The zero-order valence-electron chi connectivity index (χ0n) is 27.5. The maximum Gasteiger partial charge on any atom is 0.232 e. The van der Waals surface area contributed by atoms with Crippen LogP contribution in [0.15, 0.2) is 48.7 Å². The van der Waals surface area contributed by atoms with E-state index in [9.17, 15) is 8.42 Å². The van der Waals surface area contributed by atoms with Gasteiger partial charge in [-0.05, 0) is 62.0 Å². The van der Waals surface area contributed by atoms with Crippen LogP contribution in [0, 0.1) is 11.8 Å². The number of halogens is 1. The number of piperidine rings is 1. The Morgan fingerprint density at radius 2 is 1.66 bits per heavy atom. The Morgan fingerprint density at radius 3 is 2.34 bits per heavy atom. The molecule has 0 atom stereocenters. The fourth-order valence-electron chi connectivity index (χ4n) is 6.52. The lowest BCUT2D eigenvalue weighted by molar-refractivity contribution is 0.116. The van der Waals surface area contributed by atoms with E-state index < -0.39 is 10.0 Å². The molecule has 0 radical (unpaired) electrons. The molecule has 2 aromatic carbocycles. The molecule has 0 saturated carbocycles. The number of anilines is 6. The van der Waals surface area contributed by atoms with Crippen LogP contribution in [0.25, 0.3) is 0 Å². The van der Waals surface area contributed by atoms with Crippen LogP contribution in [0.2, 0.25) is 5.02 Å². The predicted molar refractivity (Wildman–Crippen MR) is 190 cm³/mol. The fourth-order valence-corrected chi connectivity index (χ4v) is 7.18. The average Bonchev–Trinajstić information content (AvgIpc) is 3.05. The van der Waals surface area contributed by atoms with Crippen LogP contribution in [-0.4, -0.2) is 114 Å². The second kappa shape index (κ2) is 14.8. The van der Waals surface area contributed by atoms with E-state index in [2.05, 4.69) is 52.8 Å². The topological polar surface area (TPSA) is 118 Å². The summed E-state index contributed by atoms with van der Waals surface area (Å²) in [5.41, 5.74) is 2.85. The molecular weight excluding hydrogens is 638 g/mol. The molecule has 3 N–H and O–H groups in total. The van der Waals surface area contributed by atoms with E-state index in [1.165, 1.54) is 69.7 Å². The van der Waals surface area contributed by atoms with Crippen molar-refractivity contribution < 1.29 is 13.2 Å². The Morgan fingerprint density at radius 1 is 0.957 bits per heavy atom. The molecule has 1 aromatic heterocycles. The minimum absolute atomic E-state index is 0.293. The Hall–Kier alpha value is -3.36. The van der Waals surface area contributed by atoms with Crippen LogP contribution in [0.4, 0.5) is 34.5 Å². The first kappa shape index (κ1) is 33.5. The van der Waals surface area contributed by atoms with Gasteiger partial charge in [0.25, 0.3) is 0 Å². The van der Waals surface area contributed by atoms with Gasteiger partial charge in [-0.25, -0.2) is 13.4 Å². The van der Waals surface area contributed by atoms with Crippen molar-refractivity contribution >= 4 is 56.1 Å². The second-order valence-corrected chi connectivity index (χ2v) is 15.2. The van der Waals surface area contributed by atoms with Crippen LogP contribution in [0.3, 0.4) is 0 Å². The van der Waals surface area contributed by atoms with E-state index >= 15 is 0 Å². The number of likely N-dealkylation sites (tertiary alicyclic amines) is 1. The summed E-state index contributed by atoms with van der Waals surface area (Å²) in [5.74, 6) is 3.00. The highest BCUT2D eigenvalue weighted by Crippen LogP contribution is 2.34. The van der Waals surface area contributed by atoms with E-state index in [0.717, 1.165) is 55.6 Å². The highest BCUT2D eigenvalue weighted by molar-refractivity contribution is 7.92. The predicted octanol–water partition coefficient (Wildman–Crippen LogP) is 4.08. The van der Waals surface area contributed by atoms with Gasteiger partial charge in [-0.2, -0.15) is 4.98 Å². The van der Waals surface area contributed by atoms with Gasteiger partial charge in [-0.1, -0.05) is 23.7 Å². The minimum atomic E-state index is -3.47. The normalized spacial score (nSPS) is 18.5. The number of aromatic nitrogens is 2. The third kappa shape index (κ3) is 8.39. The molecule has 4 heterocycles. The molecule has 0 unspecified atom stereocenters. The number of nitrogens with one attached hydrogen (secondary N) is 3. The fraction of sp³-hybridized carbons (Fsp3) is 0.515. The van der Waals surface area contributed by atoms with Crippen molar-refractivity contribution in [1.82, 2.24) is 25.1 Å². The number of piperazine rings is 1. The zero-order valence-corrected chi connectivity index (χ0v) is 29.0. The van der Waals surface area contributed by atoms with Crippen molar-refractivity contribution in [2.45, 2.75) is 12.8 Å². The summed E-state index contributed by atoms with van der Waals surface area (Å²) in [5, 5.41) is 10.1. The maximum atomic E-state index is 12.2. The summed E-state index contributed by atoms with van der Waals surface area (Å²) in [6.07, 6.45) is 5.28. The van der Waals surface area contributed by atoms with Crippen LogP contribution in [0.5, 0.6) is 5.75 Å². The molecule has 0 bridgehead atoms. The SMILES string of the molecule is COc1cc(N2CCN(CC3CCN(CC4CNC4)CC3)CC2)ccc1Nc1ncc(Cl)c(Nc2ccccc2N(C)S(C)(=O)=O)n1. The lowest BCUT2D eigenvalue weighted by Gasteiger charge is -2.41. The Kier molecular flexibility index (Phi) is 10.6. The molecular formula is C33H46ClN9O3S.